The Morgan fingerprint density at radius 1 is 0.519 bits per heavy atom. The van der Waals surface area contributed by atoms with E-state index in [0.717, 1.165) is 93.4 Å². The van der Waals surface area contributed by atoms with Crippen LogP contribution in [0.2, 0.25) is 0 Å². The summed E-state index contributed by atoms with van der Waals surface area (Å²) in [6.45, 7) is 0. The molecule has 244 valence electrons. The van der Waals surface area contributed by atoms with Gasteiger partial charge in [-0.05, 0) is 51.9 Å². The second kappa shape index (κ2) is 11.2. The van der Waals surface area contributed by atoms with E-state index in [-0.39, 0.29) is 0 Å². The van der Waals surface area contributed by atoms with E-state index in [1.54, 1.807) is 0 Å². The molecule has 1 aliphatic rings. The monoisotopic (exact) mass is 668 g/mol. The Bertz CT molecular complexity index is 3120. The van der Waals surface area contributed by atoms with Gasteiger partial charge in [-0.25, -0.2) is 9.98 Å². The van der Waals surface area contributed by atoms with Gasteiger partial charge in [0.1, 0.15) is 34.3 Å². The molecule has 52 heavy (non-hydrogen) atoms. The summed E-state index contributed by atoms with van der Waals surface area (Å²) in [5.41, 5.74) is 7.97. The Morgan fingerprint density at radius 3 is 2.12 bits per heavy atom. The predicted molar refractivity (Wildman–Crippen MR) is 211 cm³/mol. The van der Waals surface area contributed by atoms with Crippen molar-refractivity contribution in [1.29, 1.82) is 0 Å². The van der Waals surface area contributed by atoms with Crippen LogP contribution in [0.25, 0.3) is 76.7 Å². The third-order valence-corrected chi connectivity index (χ3v) is 10.2. The number of nitrogens with one attached hydrogen (secondary N) is 1. The quantitative estimate of drug-likeness (QED) is 0.202. The lowest BCUT2D eigenvalue weighted by atomic mass is 9.93. The number of hydrogen-bond acceptors (Lipinski definition) is 6. The van der Waals surface area contributed by atoms with E-state index in [0.29, 0.717) is 11.7 Å². The number of aromatic nitrogens is 1. The maximum Gasteiger partial charge on any atom is 0.159 e. The molecule has 1 N–H and O–H groups in total. The first-order chi connectivity index (χ1) is 25.8. The zero-order valence-corrected chi connectivity index (χ0v) is 27.7. The molecule has 6 nitrogen and oxygen atoms in total. The van der Waals surface area contributed by atoms with Crippen molar-refractivity contribution in [2.45, 2.75) is 6.17 Å². The molecule has 7 aromatic carbocycles. The summed E-state index contributed by atoms with van der Waals surface area (Å²) in [7, 11) is 0. The molecule has 0 saturated heterocycles. The molecule has 0 aliphatic carbocycles. The van der Waals surface area contributed by atoms with Gasteiger partial charge < -0.3 is 14.2 Å². The number of rotatable bonds is 4. The van der Waals surface area contributed by atoms with Gasteiger partial charge >= 0.3 is 0 Å². The highest BCUT2D eigenvalue weighted by molar-refractivity contribution is 6.23. The van der Waals surface area contributed by atoms with Gasteiger partial charge in [0.2, 0.25) is 0 Å². The summed E-state index contributed by atoms with van der Waals surface area (Å²) in [5, 5.41) is 12.3. The largest absolute Gasteiger partial charge is 0.456 e. The minimum atomic E-state index is -0.455. The maximum absolute atomic E-state index is 6.50. The molecule has 0 radical (unpaired) electrons. The number of fused-ring (bicyclic) bond motifs is 8. The zero-order valence-electron chi connectivity index (χ0n) is 27.7. The first-order valence-electron chi connectivity index (χ1n) is 17.4. The van der Waals surface area contributed by atoms with Crippen molar-refractivity contribution < 1.29 is 8.83 Å². The van der Waals surface area contributed by atoms with Gasteiger partial charge in [0.25, 0.3) is 0 Å². The average molecular weight is 669 g/mol. The van der Waals surface area contributed by atoms with Crippen molar-refractivity contribution in [3.05, 3.63) is 175 Å². The number of hydrogen-bond donors (Lipinski definition) is 1. The molecule has 6 heteroatoms. The summed E-state index contributed by atoms with van der Waals surface area (Å²) >= 11 is 0. The van der Waals surface area contributed by atoms with Crippen LogP contribution < -0.4 is 5.32 Å². The van der Waals surface area contributed by atoms with Crippen LogP contribution in [0.1, 0.15) is 22.9 Å². The molecule has 10 aromatic rings. The number of amidine groups is 2. The van der Waals surface area contributed by atoms with E-state index in [9.17, 15) is 0 Å². The summed E-state index contributed by atoms with van der Waals surface area (Å²) < 4.78 is 12.8. The normalized spacial score (nSPS) is 14.7. The van der Waals surface area contributed by atoms with Gasteiger partial charge in [-0.2, -0.15) is 0 Å². The lowest BCUT2D eigenvalue weighted by molar-refractivity contribution is 0.662. The second-order valence-electron chi connectivity index (χ2n) is 13.2. The molecule has 0 saturated carbocycles. The van der Waals surface area contributed by atoms with Crippen molar-refractivity contribution >= 4 is 77.1 Å². The first-order valence-corrected chi connectivity index (χ1v) is 17.4. The third kappa shape index (κ3) is 4.41. The topological polar surface area (TPSA) is 75.9 Å². The molecule has 11 rings (SSSR count). The minimum Gasteiger partial charge on any atom is -0.456 e. The van der Waals surface area contributed by atoms with Crippen LogP contribution in [-0.4, -0.2) is 16.7 Å². The molecule has 1 aliphatic heterocycles. The Labute approximate surface area is 297 Å². The standard InChI is InChI=1S/C46H28N4O2/c1-2-12-28(13-3-1)44-48-45(34-18-10-20-37-40(34)32-17-8-9-19-36(32)51-37)50-46(49-44)41-31-16-7-6-11-27(31)21-22-33(41)43-42-35-25-29-14-4-5-15-30(29)26-39(35)52-38(42)23-24-47-43/h1-26,45H,(H,48,49,50). The van der Waals surface area contributed by atoms with Gasteiger partial charge in [0.05, 0.1) is 11.1 Å². The molecule has 1 atom stereocenters. The lowest BCUT2D eigenvalue weighted by Gasteiger charge is -2.26. The van der Waals surface area contributed by atoms with E-state index in [1.807, 2.05) is 60.8 Å². The molecular weight excluding hydrogens is 641 g/mol. The number of aliphatic imine (C=N–C) groups is 2. The van der Waals surface area contributed by atoms with Gasteiger partial charge in [-0.3, -0.25) is 4.98 Å². The van der Waals surface area contributed by atoms with Crippen molar-refractivity contribution in [1.82, 2.24) is 10.3 Å². The van der Waals surface area contributed by atoms with Crippen molar-refractivity contribution in [2.75, 3.05) is 0 Å². The SMILES string of the molecule is c1ccc(C2=NC(c3cccc4oc5ccccc5c34)NC(c3c(-c4nccc5oc6cc7ccccc7cc6c45)ccc4ccccc34)=N2)cc1. The Morgan fingerprint density at radius 2 is 1.23 bits per heavy atom. The van der Waals surface area contributed by atoms with E-state index in [2.05, 4.69) is 102 Å². The van der Waals surface area contributed by atoms with Crippen molar-refractivity contribution in [3.8, 4) is 11.3 Å². The lowest BCUT2D eigenvalue weighted by Crippen LogP contribution is -2.34. The Kier molecular flexibility index (Phi) is 6.21. The van der Waals surface area contributed by atoms with Crippen LogP contribution in [0.15, 0.2) is 177 Å². The summed E-state index contributed by atoms with van der Waals surface area (Å²) in [5.74, 6) is 1.36. The number of benzene rings is 7. The first kappa shape index (κ1) is 28.8. The van der Waals surface area contributed by atoms with Gasteiger partial charge in [0, 0.05) is 44.6 Å². The summed E-state index contributed by atoms with van der Waals surface area (Å²) in [4.78, 5) is 15.7. The van der Waals surface area contributed by atoms with Gasteiger partial charge in [-0.15, -0.1) is 0 Å². The summed E-state index contributed by atoms with van der Waals surface area (Å²) in [6.07, 6.45) is 1.38. The summed E-state index contributed by atoms with van der Waals surface area (Å²) in [6, 6.07) is 52.0. The van der Waals surface area contributed by atoms with Crippen LogP contribution in [0.5, 0.6) is 0 Å². The van der Waals surface area contributed by atoms with Crippen molar-refractivity contribution in [3.63, 3.8) is 0 Å². The van der Waals surface area contributed by atoms with E-state index >= 15 is 0 Å². The van der Waals surface area contributed by atoms with Crippen LogP contribution in [0.3, 0.4) is 0 Å². The van der Waals surface area contributed by atoms with E-state index < -0.39 is 6.17 Å². The van der Waals surface area contributed by atoms with Crippen LogP contribution >= 0.6 is 0 Å². The average Bonchev–Trinajstić information content (AvgIpc) is 3.77. The van der Waals surface area contributed by atoms with E-state index in [1.165, 1.54) is 0 Å². The van der Waals surface area contributed by atoms with E-state index in [4.69, 9.17) is 23.8 Å². The number of pyridine rings is 1. The molecule has 0 spiro atoms. The molecule has 0 bridgehead atoms. The molecular formula is C46H28N4O2. The van der Waals surface area contributed by atoms with Crippen LogP contribution in [0.4, 0.5) is 0 Å². The minimum absolute atomic E-state index is 0.455. The maximum atomic E-state index is 6.50. The highest BCUT2D eigenvalue weighted by atomic mass is 16.3. The molecule has 1 unspecified atom stereocenters. The van der Waals surface area contributed by atoms with Gasteiger partial charge in [0.15, 0.2) is 5.84 Å². The Balaban J connectivity index is 1.18. The number of para-hydroxylation sites is 1. The molecule has 4 heterocycles. The van der Waals surface area contributed by atoms with Crippen LogP contribution in [-0.2, 0) is 0 Å². The highest BCUT2D eigenvalue weighted by Crippen LogP contribution is 2.41. The number of furan rings is 2. The molecule has 3 aromatic heterocycles. The molecule has 0 amide bonds. The molecule has 0 fully saturated rings. The third-order valence-electron chi connectivity index (χ3n) is 10.2. The van der Waals surface area contributed by atoms with Crippen molar-refractivity contribution in [2.24, 2.45) is 9.98 Å². The highest BCUT2D eigenvalue weighted by Gasteiger charge is 2.28. The predicted octanol–water partition coefficient (Wildman–Crippen LogP) is 11.3. The zero-order chi connectivity index (χ0) is 34.2. The smallest absolute Gasteiger partial charge is 0.159 e. The Hall–Kier alpha value is -7.05. The van der Waals surface area contributed by atoms with Crippen LogP contribution in [0, 0.1) is 0 Å². The number of nitrogens with zero attached hydrogens (tertiary/aromatic N) is 3. The fraction of sp³-hybridized carbons (Fsp3) is 0.0217. The second-order valence-corrected chi connectivity index (χ2v) is 13.2. The fourth-order valence-electron chi connectivity index (χ4n) is 7.82. The van der Waals surface area contributed by atoms with Gasteiger partial charge in [-0.1, -0.05) is 121 Å². The fourth-order valence-corrected chi connectivity index (χ4v) is 7.82.